The Hall–Kier alpha value is -4.89. The van der Waals surface area contributed by atoms with E-state index in [1.54, 1.807) is 18.2 Å². The number of benzene rings is 3. The molecule has 0 atom stereocenters. The van der Waals surface area contributed by atoms with E-state index in [1.165, 1.54) is 7.11 Å². The van der Waals surface area contributed by atoms with E-state index < -0.39 is 5.97 Å². The Bertz CT molecular complexity index is 1680. The third-order valence-corrected chi connectivity index (χ3v) is 7.71. The number of esters is 1. The highest BCUT2D eigenvalue weighted by molar-refractivity contribution is 6.37. The van der Waals surface area contributed by atoms with Gasteiger partial charge in [0.1, 0.15) is 0 Å². The number of hydrogen-bond donors (Lipinski definition) is 3. The van der Waals surface area contributed by atoms with E-state index in [0.717, 1.165) is 53.9 Å². The van der Waals surface area contributed by atoms with Gasteiger partial charge in [-0.15, -0.1) is 0 Å². The fourth-order valence-corrected chi connectivity index (χ4v) is 5.35. The molecule has 2 amide bonds. The molecule has 0 aliphatic carbocycles. The van der Waals surface area contributed by atoms with Crippen molar-refractivity contribution >= 4 is 51.3 Å². The number of rotatable bonds is 6. The number of aromatic nitrogens is 1. The van der Waals surface area contributed by atoms with Gasteiger partial charge in [-0.25, -0.2) is 4.79 Å². The zero-order valence-electron chi connectivity index (χ0n) is 23.0. The zero-order chi connectivity index (χ0) is 28.5. The summed E-state index contributed by atoms with van der Waals surface area (Å²) in [5, 5.41) is 7.40. The molecule has 4 aromatic rings. The van der Waals surface area contributed by atoms with E-state index in [4.69, 9.17) is 4.74 Å². The van der Waals surface area contributed by atoms with E-state index in [9.17, 15) is 14.4 Å². The summed E-state index contributed by atoms with van der Waals surface area (Å²) in [5.74, 6) is -0.609. The van der Waals surface area contributed by atoms with Crippen LogP contribution in [0.25, 0.3) is 22.2 Å². The molecule has 1 saturated heterocycles. The van der Waals surface area contributed by atoms with Gasteiger partial charge in [-0.05, 0) is 60.6 Å². The number of ether oxygens (including phenoxy) is 1. The van der Waals surface area contributed by atoms with Crippen molar-refractivity contribution < 1.29 is 19.1 Å². The van der Waals surface area contributed by atoms with Crippen LogP contribution in [0.5, 0.6) is 0 Å². The monoisotopic (exact) mass is 549 g/mol. The maximum absolute atomic E-state index is 13.4. The maximum atomic E-state index is 13.4. The van der Waals surface area contributed by atoms with Gasteiger partial charge in [-0.1, -0.05) is 24.3 Å². The predicted molar refractivity (Wildman–Crippen MR) is 159 cm³/mol. The first-order valence-electron chi connectivity index (χ1n) is 13.6. The second-order valence-corrected chi connectivity index (χ2v) is 10.4. The highest BCUT2D eigenvalue weighted by atomic mass is 16.5. The number of carbonyl (C=O) groups is 3. The summed E-state index contributed by atoms with van der Waals surface area (Å²) in [6.45, 7) is 3.28. The van der Waals surface area contributed by atoms with Gasteiger partial charge in [0, 0.05) is 54.5 Å². The molecule has 3 aromatic carbocycles. The number of likely N-dealkylation sites (N-methyl/N-ethyl adjacent to an activating group) is 1. The molecule has 41 heavy (non-hydrogen) atoms. The summed E-state index contributed by atoms with van der Waals surface area (Å²) >= 11 is 0. The summed E-state index contributed by atoms with van der Waals surface area (Å²) in [4.78, 5) is 45.6. The zero-order valence-corrected chi connectivity index (χ0v) is 23.0. The molecule has 3 heterocycles. The molecule has 9 heteroatoms. The highest BCUT2D eigenvalue weighted by Gasteiger charge is 2.29. The van der Waals surface area contributed by atoms with Crippen molar-refractivity contribution in [3.05, 3.63) is 95.2 Å². The van der Waals surface area contributed by atoms with Crippen molar-refractivity contribution in [3.8, 4) is 0 Å². The van der Waals surface area contributed by atoms with Gasteiger partial charge in [0.2, 0.25) is 5.91 Å². The fraction of sp³-hybridized carbons (Fsp3) is 0.219. The Balaban J connectivity index is 1.33. The first-order valence-corrected chi connectivity index (χ1v) is 13.6. The maximum Gasteiger partial charge on any atom is 0.337 e. The van der Waals surface area contributed by atoms with Gasteiger partial charge in [0.25, 0.3) is 5.91 Å². The van der Waals surface area contributed by atoms with Crippen LogP contribution in [0.1, 0.15) is 27.0 Å². The van der Waals surface area contributed by atoms with Crippen LogP contribution in [0.2, 0.25) is 0 Å². The van der Waals surface area contributed by atoms with E-state index >= 15 is 0 Å². The summed E-state index contributed by atoms with van der Waals surface area (Å²) in [6.07, 6.45) is 2.23. The van der Waals surface area contributed by atoms with Crippen LogP contribution < -0.4 is 10.6 Å². The van der Waals surface area contributed by atoms with Gasteiger partial charge >= 0.3 is 5.97 Å². The van der Waals surface area contributed by atoms with E-state index in [1.807, 2.05) is 59.6 Å². The molecular formula is C32H31N5O4. The normalized spacial score (nSPS) is 16.3. The van der Waals surface area contributed by atoms with Crippen LogP contribution in [-0.4, -0.2) is 72.9 Å². The quantitative estimate of drug-likeness (QED) is 0.246. The average Bonchev–Trinajstić information content (AvgIpc) is 3.59. The number of H-pyrrole nitrogens is 1. The Kier molecular flexibility index (Phi) is 7.03. The number of nitrogens with zero attached hydrogens (tertiary/aromatic N) is 2. The molecule has 0 unspecified atom stereocenters. The summed E-state index contributed by atoms with van der Waals surface area (Å²) < 4.78 is 4.85. The Morgan fingerprint density at radius 3 is 2.44 bits per heavy atom. The molecule has 1 fully saturated rings. The van der Waals surface area contributed by atoms with Crippen molar-refractivity contribution in [1.82, 2.24) is 14.8 Å². The van der Waals surface area contributed by atoms with Crippen molar-refractivity contribution in [1.29, 1.82) is 0 Å². The molecule has 1 aromatic heterocycles. The first kappa shape index (κ1) is 26.3. The van der Waals surface area contributed by atoms with Crippen LogP contribution >= 0.6 is 0 Å². The summed E-state index contributed by atoms with van der Waals surface area (Å²) in [6, 6.07) is 20.7. The Labute approximate surface area is 237 Å². The molecule has 0 bridgehead atoms. The SMILES string of the molecule is COC(=O)c1ccc2c(c1)NC(=O)/C2=C(\Nc1ccc(CC(=O)N2CCN(C)CC2)cc1)c1ccc2[nH]ccc2c1. The number of hydrogen-bond acceptors (Lipinski definition) is 6. The third-order valence-electron chi connectivity index (χ3n) is 7.71. The van der Waals surface area contributed by atoms with E-state index in [2.05, 4.69) is 27.6 Å². The molecule has 2 aliphatic heterocycles. The van der Waals surface area contributed by atoms with Crippen molar-refractivity contribution in [2.24, 2.45) is 0 Å². The Morgan fingerprint density at radius 1 is 0.927 bits per heavy atom. The molecule has 3 N–H and O–H groups in total. The molecular weight excluding hydrogens is 518 g/mol. The molecule has 0 saturated carbocycles. The van der Waals surface area contributed by atoms with Crippen LogP contribution in [0.4, 0.5) is 11.4 Å². The van der Waals surface area contributed by atoms with Crippen LogP contribution in [-0.2, 0) is 20.7 Å². The number of fused-ring (bicyclic) bond motifs is 2. The summed E-state index contributed by atoms with van der Waals surface area (Å²) in [7, 11) is 3.40. The van der Waals surface area contributed by atoms with Gasteiger partial charge < -0.3 is 30.2 Å². The van der Waals surface area contributed by atoms with Crippen LogP contribution in [0.15, 0.2) is 72.9 Å². The van der Waals surface area contributed by atoms with Gasteiger partial charge in [0.15, 0.2) is 0 Å². The fourth-order valence-electron chi connectivity index (χ4n) is 5.35. The molecule has 9 nitrogen and oxygen atoms in total. The number of aromatic amines is 1. The standard InChI is InChI=1S/C32H31N5O4/c1-36-13-15-37(16-14-36)28(38)17-20-3-7-24(8-4-20)34-30(22-6-10-26-21(18-22)11-12-33-26)29-25-9-5-23(32(40)41-2)19-27(25)35-31(29)39/h3-12,18-19,33-34H,13-17H2,1-2H3,(H,35,39)/b30-29-. The van der Waals surface area contributed by atoms with Gasteiger partial charge in [-0.2, -0.15) is 0 Å². The van der Waals surface area contributed by atoms with Gasteiger partial charge in [-0.3, -0.25) is 9.59 Å². The van der Waals surface area contributed by atoms with Crippen molar-refractivity contribution in [2.45, 2.75) is 6.42 Å². The van der Waals surface area contributed by atoms with Crippen molar-refractivity contribution in [3.63, 3.8) is 0 Å². The largest absolute Gasteiger partial charge is 0.465 e. The number of anilines is 2. The lowest BCUT2D eigenvalue weighted by molar-refractivity contribution is -0.132. The molecule has 2 aliphatic rings. The number of piperazine rings is 1. The molecule has 0 spiro atoms. The average molecular weight is 550 g/mol. The second-order valence-electron chi connectivity index (χ2n) is 10.4. The minimum atomic E-state index is -0.470. The highest BCUT2D eigenvalue weighted by Crippen LogP contribution is 2.38. The van der Waals surface area contributed by atoms with E-state index in [-0.39, 0.29) is 11.8 Å². The lowest BCUT2D eigenvalue weighted by Gasteiger charge is -2.32. The van der Waals surface area contributed by atoms with Crippen LogP contribution in [0.3, 0.4) is 0 Å². The smallest absolute Gasteiger partial charge is 0.337 e. The lowest BCUT2D eigenvalue weighted by atomic mass is 9.98. The minimum Gasteiger partial charge on any atom is -0.465 e. The predicted octanol–water partition coefficient (Wildman–Crippen LogP) is 4.20. The number of nitrogens with one attached hydrogen (secondary N) is 3. The van der Waals surface area contributed by atoms with E-state index in [0.29, 0.717) is 34.5 Å². The first-order chi connectivity index (χ1) is 19.9. The number of methoxy groups -OCH3 is 1. The van der Waals surface area contributed by atoms with Crippen molar-refractivity contribution in [2.75, 3.05) is 51.0 Å². The minimum absolute atomic E-state index is 0.131. The summed E-state index contributed by atoms with van der Waals surface area (Å²) in [5.41, 5.74) is 6.25. The number of amides is 2. The molecule has 6 rings (SSSR count). The number of carbonyl (C=O) groups excluding carboxylic acids is 3. The topological polar surface area (TPSA) is 107 Å². The lowest BCUT2D eigenvalue weighted by Crippen LogP contribution is -2.47. The molecule has 208 valence electrons. The molecule has 0 radical (unpaired) electrons. The second kappa shape index (κ2) is 10.9. The third kappa shape index (κ3) is 5.31. The van der Waals surface area contributed by atoms with Gasteiger partial charge in [0.05, 0.1) is 36.1 Å². The Morgan fingerprint density at radius 2 is 1.68 bits per heavy atom. The van der Waals surface area contributed by atoms with Crippen LogP contribution in [0, 0.1) is 0 Å².